The average Bonchev–Trinajstić information content (AvgIpc) is 2.49. The maximum absolute atomic E-state index is 10.9. The van der Waals surface area contributed by atoms with Gasteiger partial charge in [-0.25, -0.2) is 4.98 Å². The maximum Gasteiger partial charge on any atom is 0.250 e. The van der Waals surface area contributed by atoms with Gasteiger partial charge in [0.05, 0.1) is 11.1 Å². The molecule has 0 atom stereocenters. The number of rotatable bonds is 1. The van der Waals surface area contributed by atoms with E-state index in [0.29, 0.717) is 18.1 Å². The Morgan fingerprint density at radius 1 is 1.75 bits per heavy atom. The third-order valence-electron chi connectivity index (χ3n) is 1.55. The first-order valence-corrected chi connectivity index (χ1v) is 4.23. The van der Waals surface area contributed by atoms with E-state index >= 15 is 0 Å². The fraction of sp³-hybridized carbons (Fsp3) is 0.143. The van der Waals surface area contributed by atoms with E-state index in [-0.39, 0.29) is 0 Å². The van der Waals surface area contributed by atoms with Gasteiger partial charge >= 0.3 is 0 Å². The second kappa shape index (κ2) is 2.60. The molecule has 62 valence electrons. The number of fused-ring (bicyclic) bond motifs is 1. The zero-order valence-corrected chi connectivity index (χ0v) is 6.93. The van der Waals surface area contributed by atoms with Crippen LogP contribution in [0.2, 0.25) is 0 Å². The van der Waals surface area contributed by atoms with Crippen LogP contribution in [0.4, 0.5) is 0 Å². The van der Waals surface area contributed by atoms with Crippen LogP contribution in [0.25, 0.3) is 5.57 Å². The van der Waals surface area contributed by atoms with E-state index < -0.39 is 5.91 Å². The Balaban J connectivity index is 2.50. The molecule has 2 rings (SSSR count). The highest BCUT2D eigenvalue weighted by Gasteiger charge is 2.19. The van der Waals surface area contributed by atoms with Crippen molar-refractivity contribution in [2.75, 3.05) is 6.61 Å². The van der Waals surface area contributed by atoms with Gasteiger partial charge in [-0.05, 0) is 6.08 Å². The summed E-state index contributed by atoms with van der Waals surface area (Å²) in [7, 11) is 0. The molecule has 0 saturated carbocycles. The third kappa shape index (κ3) is 0.984. The Hall–Kier alpha value is -1.36. The fourth-order valence-corrected chi connectivity index (χ4v) is 1.80. The van der Waals surface area contributed by atoms with E-state index in [1.165, 1.54) is 11.3 Å². The smallest absolute Gasteiger partial charge is 0.250 e. The first-order chi connectivity index (χ1) is 5.79. The topological polar surface area (TPSA) is 65.2 Å². The molecule has 4 nitrogen and oxygen atoms in total. The van der Waals surface area contributed by atoms with Gasteiger partial charge in [0, 0.05) is 0 Å². The van der Waals surface area contributed by atoms with Crippen molar-refractivity contribution >= 4 is 22.8 Å². The Morgan fingerprint density at radius 2 is 2.58 bits per heavy atom. The van der Waals surface area contributed by atoms with E-state index in [1.54, 1.807) is 11.6 Å². The molecule has 12 heavy (non-hydrogen) atoms. The van der Waals surface area contributed by atoms with Crippen molar-refractivity contribution in [2.45, 2.75) is 0 Å². The number of nitrogens with zero attached hydrogens (tertiary/aromatic N) is 1. The molecule has 1 aromatic rings. The van der Waals surface area contributed by atoms with Crippen LogP contribution < -0.4 is 10.5 Å². The highest BCUT2D eigenvalue weighted by molar-refractivity contribution is 7.11. The van der Waals surface area contributed by atoms with Gasteiger partial charge < -0.3 is 10.5 Å². The van der Waals surface area contributed by atoms with Crippen LogP contribution in [-0.2, 0) is 4.79 Å². The number of nitrogens with two attached hydrogens (primary N) is 1. The predicted molar refractivity (Wildman–Crippen MR) is 44.8 cm³/mol. The summed E-state index contributed by atoms with van der Waals surface area (Å²) < 4.78 is 5.16. The molecule has 2 heterocycles. The van der Waals surface area contributed by atoms with Crippen LogP contribution in [0.5, 0.6) is 5.88 Å². The molecule has 1 aliphatic rings. The van der Waals surface area contributed by atoms with Crippen LogP contribution in [0.15, 0.2) is 11.6 Å². The molecule has 0 saturated heterocycles. The highest BCUT2D eigenvalue weighted by atomic mass is 32.1. The molecule has 0 fully saturated rings. The van der Waals surface area contributed by atoms with E-state index in [2.05, 4.69) is 4.98 Å². The summed E-state index contributed by atoms with van der Waals surface area (Å²) in [6.45, 7) is 0.370. The van der Waals surface area contributed by atoms with Crippen molar-refractivity contribution in [3.63, 3.8) is 0 Å². The summed E-state index contributed by atoms with van der Waals surface area (Å²) in [5.74, 6) is 0.0834. The van der Waals surface area contributed by atoms with Crippen molar-refractivity contribution in [1.29, 1.82) is 0 Å². The molecule has 0 spiro atoms. The second-order valence-corrected chi connectivity index (χ2v) is 3.13. The Bertz CT molecular complexity index is 356. The van der Waals surface area contributed by atoms with Gasteiger partial charge in [0.15, 0.2) is 0 Å². The van der Waals surface area contributed by atoms with Crippen molar-refractivity contribution in [1.82, 2.24) is 4.98 Å². The summed E-state index contributed by atoms with van der Waals surface area (Å²) in [5.41, 5.74) is 7.30. The standard InChI is InChI=1S/C7H6N2O2S/c8-6(10)4-1-2-11-7-5(4)12-3-9-7/h1,3H,2H2,(H2,8,10). The SMILES string of the molecule is NC(=O)C1=CCOc2ncsc21. The van der Waals surface area contributed by atoms with Crippen molar-refractivity contribution < 1.29 is 9.53 Å². The first-order valence-electron chi connectivity index (χ1n) is 3.35. The van der Waals surface area contributed by atoms with Crippen LogP contribution in [0.3, 0.4) is 0 Å². The number of aromatic nitrogens is 1. The lowest BCUT2D eigenvalue weighted by Gasteiger charge is -2.09. The molecule has 0 unspecified atom stereocenters. The van der Waals surface area contributed by atoms with E-state index in [0.717, 1.165) is 4.88 Å². The zero-order valence-electron chi connectivity index (χ0n) is 6.11. The number of hydrogen-bond donors (Lipinski definition) is 1. The number of hydrogen-bond acceptors (Lipinski definition) is 4. The number of thiazole rings is 1. The summed E-state index contributed by atoms with van der Waals surface area (Å²) in [4.78, 5) is 15.6. The van der Waals surface area contributed by atoms with Gasteiger partial charge in [-0.1, -0.05) is 0 Å². The Kier molecular flexibility index (Phi) is 1.58. The summed E-state index contributed by atoms with van der Waals surface area (Å²) >= 11 is 1.36. The van der Waals surface area contributed by atoms with Gasteiger partial charge in [-0.15, -0.1) is 11.3 Å². The van der Waals surface area contributed by atoms with Gasteiger partial charge in [0.25, 0.3) is 0 Å². The number of amides is 1. The Morgan fingerprint density at radius 3 is 3.33 bits per heavy atom. The van der Waals surface area contributed by atoms with Crippen LogP contribution >= 0.6 is 11.3 Å². The molecule has 0 radical (unpaired) electrons. The van der Waals surface area contributed by atoms with Crippen molar-refractivity contribution in [3.05, 3.63) is 16.5 Å². The molecule has 1 aromatic heterocycles. The van der Waals surface area contributed by atoms with Gasteiger partial charge in [0.1, 0.15) is 11.5 Å². The van der Waals surface area contributed by atoms with Gasteiger partial charge in [0.2, 0.25) is 11.8 Å². The number of carbonyl (C=O) groups excluding carboxylic acids is 1. The first kappa shape index (κ1) is 7.30. The second-order valence-electron chi connectivity index (χ2n) is 2.28. The molecule has 5 heteroatoms. The zero-order chi connectivity index (χ0) is 8.55. The van der Waals surface area contributed by atoms with E-state index in [1.807, 2.05) is 0 Å². The monoisotopic (exact) mass is 182 g/mol. The maximum atomic E-state index is 10.9. The van der Waals surface area contributed by atoms with Crippen LogP contribution in [0, 0.1) is 0 Å². The molecule has 0 bridgehead atoms. The highest BCUT2D eigenvalue weighted by Crippen LogP contribution is 2.31. The quantitative estimate of drug-likeness (QED) is 0.683. The minimum Gasteiger partial charge on any atom is -0.472 e. The van der Waals surface area contributed by atoms with E-state index in [4.69, 9.17) is 10.5 Å². The summed E-state index contributed by atoms with van der Waals surface area (Å²) in [5, 5.41) is 0. The minimum absolute atomic E-state index is 0.370. The molecule has 0 aromatic carbocycles. The lowest BCUT2D eigenvalue weighted by atomic mass is 10.2. The third-order valence-corrected chi connectivity index (χ3v) is 2.39. The minimum atomic E-state index is -0.427. The lowest BCUT2D eigenvalue weighted by molar-refractivity contribution is -0.112. The lowest BCUT2D eigenvalue weighted by Crippen LogP contribution is -2.16. The number of primary amides is 1. The largest absolute Gasteiger partial charge is 0.472 e. The molecule has 1 amide bonds. The van der Waals surface area contributed by atoms with Crippen molar-refractivity contribution in [3.8, 4) is 5.88 Å². The van der Waals surface area contributed by atoms with Crippen LogP contribution in [-0.4, -0.2) is 17.5 Å². The number of carbonyl (C=O) groups is 1. The van der Waals surface area contributed by atoms with Crippen molar-refractivity contribution in [2.24, 2.45) is 5.73 Å². The predicted octanol–water partition coefficient (Wildman–Crippen LogP) is 0.404. The molecule has 1 aliphatic heterocycles. The normalized spacial score (nSPS) is 14.5. The average molecular weight is 182 g/mol. The molecular formula is C7H6N2O2S. The number of ether oxygens (including phenoxy) is 1. The molecule has 2 N–H and O–H groups in total. The fourth-order valence-electron chi connectivity index (χ4n) is 1.03. The Labute approximate surface area is 72.7 Å². The molecule has 0 aliphatic carbocycles. The van der Waals surface area contributed by atoms with E-state index in [9.17, 15) is 4.79 Å². The summed E-state index contributed by atoms with van der Waals surface area (Å²) in [6.07, 6.45) is 1.67. The molecular weight excluding hydrogens is 176 g/mol. The van der Waals surface area contributed by atoms with Gasteiger partial charge in [-0.2, -0.15) is 0 Å². The van der Waals surface area contributed by atoms with Gasteiger partial charge in [-0.3, -0.25) is 4.79 Å². The summed E-state index contributed by atoms with van der Waals surface area (Å²) in [6, 6.07) is 0. The van der Waals surface area contributed by atoms with Crippen LogP contribution in [0.1, 0.15) is 4.88 Å².